The van der Waals surface area contributed by atoms with E-state index >= 15 is 0 Å². The summed E-state index contributed by atoms with van der Waals surface area (Å²) in [5.41, 5.74) is 8.81. The molecule has 1 atom stereocenters. The van der Waals surface area contributed by atoms with Gasteiger partial charge in [0.25, 0.3) is 0 Å². The van der Waals surface area contributed by atoms with Crippen LogP contribution in [-0.4, -0.2) is 32.2 Å². The number of aliphatic imine (C=N–C) groups is 1. The number of nitrogens with one attached hydrogen (secondary N) is 2. The molecule has 8 nitrogen and oxygen atoms in total. The molecule has 0 saturated carbocycles. The van der Waals surface area contributed by atoms with Gasteiger partial charge in [-0.1, -0.05) is 53.6 Å². The molecule has 1 amide bonds. The number of anilines is 1. The Bertz CT molecular complexity index is 1270. The van der Waals surface area contributed by atoms with Crippen molar-refractivity contribution >= 4 is 23.6 Å². The maximum atomic E-state index is 13.5. The van der Waals surface area contributed by atoms with Gasteiger partial charge in [-0.05, 0) is 49.2 Å². The van der Waals surface area contributed by atoms with Crippen molar-refractivity contribution in [1.29, 1.82) is 0 Å². The number of ether oxygens (including phenoxy) is 3. The second-order valence-corrected chi connectivity index (χ2v) is 8.35. The van der Waals surface area contributed by atoms with Crippen LogP contribution in [0.1, 0.15) is 27.8 Å². The van der Waals surface area contributed by atoms with E-state index < -0.39 is 17.6 Å². The van der Waals surface area contributed by atoms with Gasteiger partial charge in [0.2, 0.25) is 5.90 Å². The Morgan fingerprint density at radius 3 is 2.26 bits per heavy atom. The third kappa shape index (κ3) is 4.96. The topological polar surface area (TPSA) is 98.3 Å². The van der Waals surface area contributed by atoms with Gasteiger partial charge in [-0.25, -0.2) is 20.0 Å². The van der Waals surface area contributed by atoms with Crippen molar-refractivity contribution in [2.75, 3.05) is 19.6 Å². The van der Waals surface area contributed by atoms with Crippen LogP contribution in [0.5, 0.6) is 5.75 Å². The quantitative estimate of drug-likeness (QED) is 0.389. The molecule has 0 fully saturated rings. The summed E-state index contributed by atoms with van der Waals surface area (Å²) in [6.07, 6.45) is -0.351. The SMILES string of the molecule is COC(=O)NNc1ccc([C@@]2(Cc3ccc(C)cc3)N=C(c3ccc(C)cc3)OC2=O)cc1OC. The molecule has 0 radical (unpaired) electrons. The fourth-order valence-electron chi connectivity index (χ4n) is 3.85. The molecule has 0 bridgehead atoms. The number of nitrogens with zero attached hydrogens (tertiary/aromatic N) is 1. The highest BCUT2D eigenvalue weighted by molar-refractivity contribution is 6.08. The maximum absolute atomic E-state index is 13.5. The second kappa shape index (κ2) is 9.89. The summed E-state index contributed by atoms with van der Waals surface area (Å²) < 4.78 is 15.8. The predicted molar refractivity (Wildman–Crippen MR) is 133 cm³/mol. The third-order valence-electron chi connectivity index (χ3n) is 5.86. The Labute approximate surface area is 203 Å². The summed E-state index contributed by atoms with van der Waals surface area (Å²) in [6, 6.07) is 20.8. The van der Waals surface area contributed by atoms with Crippen LogP contribution in [0.25, 0.3) is 0 Å². The highest BCUT2D eigenvalue weighted by atomic mass is 16.6. The molecule has 3 aromatic rings. The number of cyclic esters (lactones) is 1. The summed E-state index contributed by atoms with van der Waals surface area (Å²) in [5.74, 6) is 0.216. The normalized spacial score (nSPS) is 16.8. The van der Waals surface area contributed by atoms with Gasteiger partial charge < -0.3 is 14.2 Å². The molecule has 35 heavy (non-hydrogen) atoms. The van der Waals surface area contributed by atoms with E-state index in [1.54, 1.807) is 18.2 Å². The third-order valence-corrected chi connectivity index (χ3v) is 5.86. The van der Waals surface area contributed by atoms with E-state index in [2.05, 4.69) is 15.6 Å². The molecular formula is C27H27N3O5. The monoisotopic (exact) mass is 473 g/mol. The fraction of sp³-hybridized carbons (Fsp3) is 0.222. The van der Waals surface area contributed by atoms with Crippen LogP contribution in [0.4, 0.5) is 10.5 Å². The largest absolute Gasteiger partial charge is 0.495 e. The lowest BCUT2D eigenvalue weighted by Gasteiger charge is -2.24. The first-order chi connectivity index (χ1) is 16.8. The molecule has 8 heteroatoms. The molecule has 4 rings (SSSR count). The summed E-state index contributed by atoms with van der Waals surface area (Å²) in [5, 5.41) is 0. The van der Waals surface area contributed by atoms with E-state index in [9.17, 15) is 9.59 Å². The van der Waals surface area contributed by atoms with E-state index in [1.165, 1.54) is 14.2 Å². The average molecular weight is 474 g/mol. The van der Waals surface area contributed by atoms with Gasteiger partial charge >= 0.3 is 12.1 Å². The summed E-state index contributed by atoms with van der Waals surface area (Å²) >= 11 is 0. The van der Waals surface area contributed by atoms with Crippen molar-refractivity contribution in [2.24, 2.45) is 4.99 Å². The number of esters is 1. The van der Waals surface area contributed by atoms with Crippen molar-refractivity contribution in [3.05, 3.63) is 94.5 Å². The van der Waals surface area contributed by atoms with Gasteiger partial charge in [-0.3, -0.25) is 5.43 Å². The van der Waals surface area contributed by atoms with Gasteiger partial charge in [-0.15, -0.1) is 0 Å². The molecule has 1 heterocycles. The zero-order chi connectivity index (χ0) is 25.0. The van der Waals surface area contributed by atoms with Crippen molar-refractivity contribution in [3.63, 3.8) is 0 Å². The minimum absolute atomic E-state index is 0.274. The second-order valence-electron chi connectivity index (χ2n) is 8.35. The Morgan fingerprint density at radius 1 is 0.971 bits per heavy atom. The number of amides is 1. The lowest BCUT2D eigenvalue weighted by molar-refractivity contribution is -0.139. The Morgan fingerprint density at radius 2 is 1.63 bits per heavy atom. The first-order valence-corrected chi connectivity index (χ1v) is 11.1. The number of benzene rings is 3. The lowest BCUT2D eigenvalue weighted by atomic mass is 9.84. The molecule has 0 saturated heterocycles. The highest BCUT2D eigenvalue weighted by Crippen LogP contribution is 2.40. The van der Waals surface area contributed by atoms with Gasteiger partial charge in [0.15, 0.2) is 5.54 Å². The first kappa shape index (κ1) is 23.8. The molecule has 0 aliphatic carbocycles. The van der Waals surface area contributed by atoms with Crippen molar-refractivity contribution < 1.29 is 23.8 Å². The molecule has 1 aliphatic rings. The van der Waals surface area contributed by atoms with Crippen molar-refractivity contribution in [3.8, 4) is 5.75 Å². The minimum atomic E-state index is -1.31. The summed E-state index contributed by atoms with van der Waals surface area (Å²) in [7, 11) is 2.77. The minimum Gasteiger partial charge on any atom is -0.495 e. The number of hydrogen-bond acceptors (Lipinski definition) is 7. The number of carbonyl (C=O) groups is 2. The standard InChI is InChI=1S/C27H27N3O5/c1-17-5-9-19(10-6-17)16-27(25(31)35-24(28-27)20-11-7-18(2)8-12-20)21-13-14-22(23(15-21)33-3)29-30-26(32)34-4/h5-15,29H,16H2,1-4H3,(H,30,32)/t27-/m1/s1. The summed E-state index contributed by atoms with van der Waals surface area (Å²) in [4.78, 5) is 29.8. The van der Waals surface area contributed by atoms with Crippen molar-refractivity contribution in [2.45, 2.75) is 25.8 Å². The molecule has 1 aliphatic heterocycles. The lowest BCUT2D eigenvalue weighted by Crippen LogP contribution is -2.34. The van der Waals surface area contributed by atoms with Gasteiger partial charge in [0.05, 0.1) is 19.9 Å². The van der Waals surface area contributed by atoms with E-state index in [0.717, 1.165) is 22.3 Å². The molecule has 0 unspecified atom stereocenters. The zero-order valence-electron chi connectivity index (χ0n) is 20.0. The molecular weight excluding hydrogens is 446 g/mol. The van der Waals surface area contributed by atoms with Crippen LogP contribution in [0.3, 0.4) is 0 Å². The van der Waals surface area contributed by atoms with Gasteiger partial charge in [-0.2, -0.15) is 0 Å². The molecule has 3 aromatic carbocycles. The van der Waals surface area contributed by atoms with Crippen LogP contribution < -0.4 is 15.6 Å². The van der Waals surface area contributed by atoms with Crippen molar-refractivity contribution in [1.82, 2.24) is 5.43 Å². The first-order valence-electron chi connectivity index (χ1n) is 11.1. The maximum Gasteiger partial charge on any atom is 0.425 e. The Kier molecular flexibility index (Phi) is 6.73. The number of aryl methyl sites for hydroxylation is 2. The number of rotatable bonds is 7. The van der Waals surface area contributed by atoms with E-state index in [-0.39, 0.29) is 5.90 Å². The number of hydrazine groups is 1. The van der Waals surface area contributed by atoms with Crippen LogP contribution >= 0.6 is 0 Å². The zero-order valence-corrected chi connectivity index (χ0v) is 20.0. The van der Waals surface area contributed by atoms with Crippen LogP contribution in [0.15, 0.2) is 71.7 Å². The van der Waals surface area contributed by atoms with Gasteiger partial charge in [0.1, 0.15) is 5.75 Å². The van der Waals surface area contributed by atoms with Gasteiger partial charge in [0, 0.05) is 12.0 Å². The molecule has 180 valence electrons. The van der Waals surface area contributed by atoms with Crippen LogP contribution in [-0.2, 0) is 26.2 Å². The number of hydrogen-bond donors (Lipinski definition) is 2. The molecule has 2 N–H and O–H groups in total. The smallest absolute Gasteiger partial charge is 0.425 e. The Balaban J connectivity index is 1.79. The van der Waals surface area contributed by atoms with Crippen LogP contribution in [0, 0.1) is 13.8 Å². The van der Waals surface area contributed by atoms with Crippen LogP contribution in [0.2, 0.25) is 0 Å². The fourth-order valence-corrected chi connectivity index (χ4v) is 3.85. The molecule has 0 aromatic heterocycles. The Hall–Kier alpha value is -4.33. The highest BCUT2D eigenvalue weighted by Gasteiger charge is 2.48. The van der Waals surface area contributed by atoms with E-state index in [0.29, 0.717) is 23.4 Å². The summed E-state index contributed by atoms with van der Waals surface area (Å²) in [6.45, 7) is 4.00. The number of methoxy groups -OCH3 is 2. The molecule has 0 spiro atoms. The number of carbonyl (C=O) groups excluding carboxylic acids is 2. The predicted octanol–water partition coefficient (Wildman–Crippen LogP) is 4.44. The van der Waals surface area contributed by atoms with E-state index in [4.69, 9.17) is 14.5 Å². The average Bonchev–Trinajstić information content (AvgIpc) is 3.20. The van der Waals surface area contributed by atoms with E-state index in [1.807, 2.05) is 62.4 Å².